The van der Waals surface area contributed by atoms with Crippen molar-refractivity contribution in [2.24, 2.45) is 0 Å². The van der Waals surface area contributed by atoms with Crippen LogP contribution >= 0.6 is 12.2 Å². The Bertz CT molecular complexity index is 332. The Balaban J connectivity index is 2.71. The lowest BCUT2D eigenvalue weighted by Crippen LogP contribution is -2.22. The Kier molecular flexibility index (Phi) is 3.77. The Morgan fingerprint density at radius 3 is 2.43 bits per heavy atom. The second kappa shape index (κ2) is 4.86. The number of carbonyl (C=O) groups excluding carboxylic acids is 1. The van der Waals surface area contributed by atoms with Crippen molar-refractivity contribution in [3.8, 4) is 0 Å². The molecule has 0 fully saturated rings. The van der Waals surface area contributed by atoms with Crippen LogP contribution in [0.4, 0.5) is 0 Å². The molecule has 0 amide bonds. The van der Waals surface area contributed by atoms with Crippen LogP contribution in [0, 0.1) is 0 Å². The molecular formula is C11H12O2S. The second-order valence-electron chi connectivity index (χ2n) is 2.98. The van der Waals surface area contributed by atoms with E-state index in [0.717, 1.165) is 5.56 Å². The molecule has 0 aromatic heterocycles. The average Bonchev–Trinajstić information content (AvgIpc) is 2.17. The summed E-state index contributed by atoms with van der Waals surface area (Å²) in [6.07, 6.45) is -0.343. The number of rotatable bonds is 3. The van der Waals surface area contributed by atoms with Crippen molar-refractivity contribution in [3.05, 3.63) is 35.9 Å². The zero-order chi connectivity index (χ0) is 10.6. The smallest absolute Gasteiger partial charge is 0.303 e. The summed E-state index contributed by atoms with van der Waals surface area (Å²) in [5.41, 5.74) is 0.927. The molecule has 0 saturated carbocycles. The molecule has 0 aliphatic rings. The largest absolute Gasteiger partial charge is 0.457 e. The minimum absolute atomic E-state index is 0.309. The van der Waals surface area contributed by atoms with E-state index in [4.69, 9.17) is 17.0 Å². The molecule has 0 aliphatic carbocycles. The fourth-order valence-electron chi connectivity index (χ4n) is 1.14. The molecule has 0 spiro atoms. The molecule has 1 atom stereocenters. The van der Waals surface area contributed by atoms with Crippen LogP contribution in [0.3, 0.4) is 0 Å². The lowest BCUT2D eigenvalue weighted by molar-refractivity contribution is -0.142. The quantitative estimate of drug-likeness (QED) is 0.433. The van der Waals surface area contributed by atoms with Crippen LogP contribution in [0.25, 0.3) is 0 Å². The van der Waals surface area contributed by atoms with E-state index in [1.54, 1.807) is 6.92 Å². The Hall–Kier alpha value is -1.22. The number of hydrogen-bond acceptors (Lipinski definition) is 3. The van der Waals surface area contributed by atoms with E-state index >= 15 is 0 Å². The number of thiocarbonyl (C=S) groups is 1. The average molecular weight is 208 g/mol. The van der Waals surface area contributed by atoms with Crippen LogP contribution in [-0.4, -0.2) is 16.9 Å². The van der Waals surface area contributed by atoms with Crippen LogP contribution in [0.2, 0.25) is 0 Å². The third kappa shape index (κ3) is 2.92. The van der Waals surface area contributed by atoms with E-state index in [2.05, 4.69) is 0 Å². The van der Waals surface area contributed by atoms with E-state index < -0.39 is 0 Å². The minimum Gasteiger partial charge on any atom is -0.457 e. The summed E-state index contributed by atoms with van der Waals surface area (Å²) in [5.74, 6) is -0.309. The van der Waals surface area contributed by atoms with Crippen molar-refractivity contribution in [1.29, 1.82) is 0 Å². The lowest BCUT2D eigenvalue weighted by atomic mass is 10.1. The fraction of sp³-hybridized carbons (Fsp3) is 0.273. The van der Waals surface area contributed by atoms with Crippen LogP contribution in [-0.2, 0) is 9.53 Å². The second-order valence-corrected chi connectivity index (χ2v) is 3.42. The van der Waals surface area contributed by atoms with Crippen molar-refractivity contribution in [2.75, 3.05) is 0 Å². The Morgan fingerprint density at radius 2 is 1.93 bits per heavy atom. The van der Waals surface area contributed by atoms with Gasteiger partial charge in [-0.25, -0.2) is 0 Å². The highest BCUT2D eigenvalue weighted by Crippen LogP contribution is 2.07. The topological polar surface area (TPSA) is 26.3 Å². The maximum Gasteiger partial charge on any atom is 0.303 e. The van der Waals surface area contributed by atoms with Crippen LogP contribution < -0.4 is 0 Å². The molecule has 0 radical (unpaired) electrons. The van der Waals surface area contributed by atoms with Crippen LogP contribution in [0.1, 0.15) is 19.4 Å². The van der Waals surface area contributed by atoms with Crippen molar-refractivity contribution in [2.45, 2.75) is 20.0 Å². The highest BCUT2D eigenvalue weighted by molar-refractivity contribution is 7.81. The molecule has 2 nitrogen and oxygen atoms in total. The Morgan fingerprint density at radius 1 is 1.36 bits per heavy atom. The maximum absolute atomic E-state index is 10.7. The molecule has 1 rings (SSSR count). The molecule has 1 aromatic rings. The van der Waals surface area contributed by atoms with Crippen molar-refractivity contribution in [3.63, 3.8) is 0 Å². The third-order valence-electron chi connectivity index (χ3n) is 1.77. The van der Waals surface area contributed by atoms with Gasteiger partial charge in [0.25, 0.3) is 0 Å². The van der Waals surface area contributed by atoms with Gasteiger partial charge in [-0.15, -0.1) is 0 Å². The highest BCUT2D eigenvalue weighted by Gasteiger charge is 2.12. The summed E-state index contributed by atoms with van der Waals surface area (Å²) < 4.78 is 4.99. The molecule has 0 N–H and O–H groups in total. The molecule has 0 heterocycles. The van der Waals surface area contributed by atoms with Gasteiger partial charge in [0, 0.05) is 6.92 Å². The van der Waals surface area contributed by atoms with Gasteiger partial charge in [0.05, 0.1) is 4.86 Å². The summed E-state index contributed by atoms with van der Waals surface area (Å²) in [7, 11) is 0. The number of esters is 1. The van der Waals surface area contributed by atoms with Gasteiger partial charge in [-0.05, 0) is 12.5 Å². The van der Waals surface area contributed by atoms with Gasteiger partial charge in [-0.1, -0.05) is 42.5 Å². The van der Waals surface area contributed by atoms with E-state index in [9.17, 15) is 4.79 Å². The first-order chi connectivity index (χ1) is 6.61. The minimum atomic E-state index is -0.343. The van der Waals surface area contributed by atoms with Crippen molar-refractivity contribution < 1.29 is 9.53 Å². The molecule has 0 aliphatic heterocycles. The first-order valence-electron chi connectivity index (χ1n) is 4.37. The number of hydrogen-bond donors (Lipinski definition) is 0. The zero-order valence-electron chi connectivity index (χ0n) is 8.19. The third-order valence-corrected chi connectivity index (χ3v) is 2.34. The van der Waals surface area contributed by atoms with Gasteiger partial charge >= 0.3 is 5.97 Å². The van der Waals surface area contributed by atoms with Crippen molar-refractivity contribution >= 4 is 23.1 Å². The summed E-state index contributed by atoms with van der Waals surface area (Å²) in [4.78, 5) is 11.4. The van der Waals surface area contributed by atoms with Gasteiger partial charge in [-0.3, -0.25) is 4.79 Å². The van der Waals surface area contributed by atoms with Crippen LogP contribution in [0.15, 0.2) is 30.3 Å². The molecular weight excluding hydrogens is 196 g/mol. The van der Waals surface area contributed by atoms with E-state index in [1.807, 2.05) is 30.3 Å². The number of carbonyl (C=O) groups is 1. The highest BCUT2D eigenvalue weighted by atomic mass is 32.1. The van der Waals surface area contributed by atoms with E-state index in [1.165, 1.54) is 6.92 Å². The molecule has 1 unspecified atom stereocenters. The number of ether oxygens (including phenoxy) is 1. The van der Waals surface area contributed by atoms with Gasteiger partial charge < -0.3 is 4.74 Å². The van der Waals surface area contributed by atoms with Gasteiger partial charge in [0.2, 0.25) is 0 Å². The molecule has 1 aromatic carbocycles. The first kappa shape index (κ1) is 10.9. The molecule has 0 saturated heterocycles. The summed E-state index contributed by atoms with van der Waals surface area (Å²) in [6.45, 7) is 3.15. The predicted octanol–water partition coefficient (Wildman–Crippen LogP) is 2.36. The van der Waals surface area contributed by atoms with Gasteiger partial charge in [-0.2, -0.15) is 0 Å². The lowest BCUT2D eigenvalue weighted by Gasteiger charge is -2.12. The zero-order valence-corrected chi connectivity index (χ0v) is 9.01. The van der Waals surface area contributed by atoms with Gasteiger partial charge in [0.1, 0.15) is 6.10 Å². The standard InChI is InChI=1S/C11H12O2S/c1-8(13-9(2)12)11(14)10-6-4-3-5-7-10/h3-8H,1-2H3. The maximum atomic E-state index is 10.7. The molecule has 14 heavy (non-hydrogen) atoms. The Labute approximate surface area is 88.9 Å². The summed E-state index contributed by atoms with van der Waals surface area (Å²) >= 11 is 5.18. The van der Waals surface area contributed by atoms with E-state index in [-0.39, 0.29) is 12.1 Å². The SMILES string of the molecule is CC(=O)OC(C)C(=S)c1ccccc1. The van der Waals surface area contributed by atoms with Crippen LogP contribution in [0.5, 0.6) is 0 Å². The summed E-state index contributed by atoms with van der Waals surface area (Å²) in [6, 6.07) is 9.54. The molecule has 3 heteroatoms. The van der Waals surface area contributed by atoms with Gasteiger partial charge in [0.15, 0.2) is 0 Å². The van der Waals surface area contributed by atoms with Crippen molar-refractivity contribution in [1.82, 2.24) is 0 Å². The first-order valence-corrected chi connectivity index (χ1v) is 4.78. The van der Waals surface area contributed by atoms with E-state index in [0.29, 0.717) is 4.86 Å². The summed E-state index contributed by atoms with van der Waals surface area (Å²) in [5, 5.41) is 0. The fourth-order valence-corrected chi connectivity index (χ4v) is 1.32. The normalized spacial score (nSPS) is 11.9. The number of benzene rings is 1. The molecule has 74 valence electrons. The predicted molar refractivity (Wildman–Crippen MR) is 59.4 cm³/mol. The molecule has 0 bridgehead atoms. The monoisotopic (exact) mass is 208 g/mol.